The van der Waals surface area contributed by atoms with Gasteiger partial charge in [0.1, 0.15) is 35.4 Å². The van der Waals surface area contributed by atoms with E-state index in [9.17, 15) is 10.1 Å². The predicted molar refractivity (Wildman–Crippen MR) is 171 cm³/mol. The number of nitrogens with two attached hydrogens (primary N) is 1. The van der Waals surface area contributed by atoms with Crippen LogP contribution in [0.2, 0.25) is 0 Å². The molecule has 1 aliphatic rings. The molecule has 1 unspecified atom stereocenters. The molecule has 4 heterocycles. The number of carbonyl (C=O) groups excluding carboxylic acids is 1. The number of hydrogen-bond acceptors (Lipinski definition) is 8. The maximum absolute atomic E-state index is 13.1. The molecule has 232 valence electrons. The molecule has 0 saturated carbocycles. The Kier molecular flexibility index (Phi) is 7.79. The summed E-state index contributed by atoms with van der Waals surface area (Å²) in [4.78, 5) is 19.7. The van der Waals surface area contributed by atoms with Crippen LogP contribution in [-0.4, -0.2) is 38.9 Å². The van der Waals surface area contributed by atoms with Crippen molar-refractivity contribution < 1.29 is 23.4 Å². The van der Waals surface area contributed by atoms with Gasteiger partial charge >= 0.3 is 6.09 Å². The predicted octanol–water partition coefficient (Wildman–Crippen LogP) is 7.55. The number of nitrogen functional groups attached to an aromatic ring is 1. The number of carbonyl (C=O) groups is 1. The van der Waals surface area contributed by atoms with E-state index in [0.29, 0.717) is 47.3 Å². The van der Waals surface area contributed by atoms with Crippen LogP contribution >= 0.6 is 0 Å². The van der Waals surface area contributed by atoms with Crippen molar-refractivity contribution in [2.45, 2.75) is 72.3 Å². The zero-order valence-electron chi connectivity index (χ0n) is 26.2. The summed E-state index contributed by atoms with van der Waals surface area (Å²) in [5, 5.41) is 11.3. The highest BCUT2D eigenvalue weighted by atomic mass is 16.6. The lowest BCUT2D eigenvalue weighted by Crippen LogP contribution is -2.48. The van der Waals surface area contributed by atoms with E-state index < -0.39 is 17.9 Å². The van der Waals surface area contributed by atoms with Crippen LogP contribution in [0.4, 0.5) is 10.6 Å². The zero-order chi connectivity index (χ0) is 31.9. The van der Waals surface area contributed by atoms with E-state index in [1.807, 2.05) is 77.1 Å². The van der Waals surface area contributed by atoms with Crippen molar-refractivity contribution in [2.75, 3.05) is 12.3 Å². The monoisotopic (exact) mass is 607 g/mol. The van der Waals surface area contributed by atoms with Crippen LogP contribution in [0.3, 0.4) is 0 Å². The number of amides is 1. The third kappa shape index (κ3) is 5.62. The second kappa shape index (κ2) is 11.7. The van der Waals surface area contributed by atoms with Crippen molar-refractivity contribution in [3.63, 3.8) is 0 Å². The molecule has 0 aliphatic carbocycles. The Balaban J connectivity index is 1.47. The Morgan fingerprint density at radius 2 is 1.91 bits per heavy atom. The number of pyridine rings is 1. The lowest BCUT2D eigenvalue weighted by molar-refractivity contribution is -0.0349. The van der Waals surface area contributed by atoms with Gasteiger partial charge in [0.15, 0.2) is 17.5 Å². The van der Waals surface area contributed by atoms with Crippen molar-refractivity contribution in [3.8, 4) is 23.4 Å². The molecule has 10 heteroatoms. The number of anilines is 1. The lowest BCUT2D eigenvalue weighted by atomic mass is 10.1. The number of aromatic nitrogens is 2. The molecule has 0 bridgehead atoms. The van der Waals surface area contributed by atoms with Crippen LogP contribution in [0.15, 0.2) is 59.2 Å². The topological polar surface area (TPSA) is 129 Å². The summed E-state index contributed by atoms with van der Waals surface area (Å²) >= 11 is 0. The number of aryl methyl sites for hydroxylation is 1. The third-order valence-electron chi connectivity index (χ3n) is 7.99. The molecule has 0 radical (unpaired) electrons. The summed E-state index contributed by atoms with van der Waals surface area (Å²) in [5.74, 6) is 1.20. The number of nitrogens with zero attached hydrogens (tertiary/aromatic N) is 4. The SMILES string of the molecule is Cc1ccc(OCc2ccccc2)c(C)c1-n1c(N)c(C#N)c2c3occc3c(OC3CCCCN3C(=O)OC(C)(C)C)nc21. The molecule has 2 N–H and O–H groups in total. The van der Waals surface area contributed by atoms with Crippen LogP contribution < -0.4 is 15.2 Å². The first-order chi connectivity index (χ1) is 21.6. The van der Waals surface area contributed by atoms with Gasteiger partial charge in [-0.15, -0.1) is 0 Å². The van der Waals surface area contributed by atoms with Crippen molar-refractivity contribution >= 4 is 33.9 Å². The fourth-order valence-corrected chi connectivity index (χ4v) is 5.89. The Morgan fingerprint density at radius 3 is 2.64 bits per heavy atom. The second-order valence-electron chi connectivity index (χ2n) is 12.4. The van der Waals surface area contributed by atoms with Crippen molar-refractivity contribution in [1.82, 2.24) is 14.5 Å². The molecule has 5 aromatic rings. The molecule has 0 spiro atoms. The number of fused-ring (bicyclic) bond motifs is 3. The molecule has 3 aromatic heterocycles. The highest BCUT2D eigenvalue weighted by Crippen LogP contribution is 2.42. The van der Waals surface area contributed by atoms with Crippen molar-refractivity contribution in [2.24, 2.45) is 0 Å². The van der Waals surface area contributed by atoms with Gasteiger partial charge in [-0.25, -0.2) is 4.79 Å². The zero-order valence-corrected chi connectivity index (χ0v) is 26.2. The molecule has 10 nitrogen and oxygen atoms in total. The summed E-state index contributed by atoms with van der Waals surface area (Å²) < 4.78 is 26.2. The molecule has 1 aliphatic heterocycles. The Hall–Kier alpha value is -5.17. The number of piperidine rings is 1. The second-order valence-corrected chi connectivity index (χ2v) is 12.4. The number of rotatable bonds is 6. The number of hydrogen-bond donors (Lipinski definition) is 1. The summed E-state index contributed by atoms with van der Waals surface area (Å²) in [6.07, 6.45) is 2.86. The van der Waals surface area contributed by atoms with Gasteiger partial charge in [-0.05, 0) is 70.7 Å². The van der Waals surface area contributed by atoms with E-state index in [1.165, 1.54) is 6.26 Å². The molecule has 1 amide bonds. The number of benzene rings is 2. The minimum absolute atomic E-state index is 0.231. The van der Waals surface area contributed by atoms with E-state index in [4.69, 9.17) is 29.3 Å². The third-order valence-corrected chi connectivity index (χ3v) is 7.99. The Morgan fingerprint density at radius 1 is 1.13 bits per heavy atom. The number of furan rings is 1. The highest BCUT2D eigenvalue weighted by molar-refractivity contribution is 6.09. The van der Waals surface area contributed by atoms with Crippen LogP contribution in [0.5, 0.6) is 11.6 Å². The highest BCUT2D eigenvalue weighted by Gasteiger charge is 2.34. The quantitative estimate of drug-likeness (QED) is 0.210. The fraction of sp³-hybridized carbons (Fsp3) is 0.343. The molecule has 1 atom stereocenters. The van der Waals surface area contributed by atoms with E-state index in [2.05, 4.69) is 6.07 Å². The first-order valence-corrected chi connectivity index (χ1v) is 15.1. The normalized spacial score (nSPS) is 15.3. The van der Waals surface area contributed by atoms with Gasteiger partial charge in [-0.1, -0.05) is 36.4 Å². The van der Waals surface area contributed by atoms with E-state index >= 15 is 0 Å². The molecular formula is C35H37N5O5. The largest absolute Gasteiger partial charge is 0.489 e. The molecule has 2 aromatic carbocycles. The first-order valence-electron chi connectivity index (χ1n) is 15.1. The molecule has 6 rings (SSSR count). The Bertz CT molecular complexity index is 1930. The van der Waals surface area contributed by atoms with Crippen LogP contribution in [0.25, 0.3) is 27.7 Å². The molecule has 45 heavy (non-hydrogen) atoms. The standard InChI is InChI=1S/C35H37N5O5/c1-21-14-15-26(43-20-23-11-7-6-8-12-23)22(2)29(21)40-31(37)25(19-36)28-30-24(16-18-42-30)33(38-32(28)40)44-27-13-9-10-17-39(27)34(41)45-35(3,4)5/h6-8,11-12,14-16,18,27H,9-10,13,17,20,37H2,1-5H3. The molecule has 1 saturated heterocycles. The minimum Gasteiger partial charge on any atom is -0.489 e. The summed E-state index contributed by atoms with van der Waals surface area (Å²) in [5.41, 5.74) is 10.7. The van der Waals surface area contributed by atoms with Gasteiger partial charge < -0.3 is 24.4 Å². The molecular weight excluding hydrogens is 570 g/mol. The minimum atomic E-state index is -0.644. The van der Waals surface area contributed by atoms with Gasteiger partial charge in [0.25, 0.3) is 0 Å². The smallest absolute Gasteiger partial charge is 0.413 e. The van der Waals surface area contributed by atoms with E-state index in [1.54, 1.807) is 15.5 Å². The average molecular weight is 608 g/mol. The first kappa shape index (κ1) is 29.9. The number of ether oxygens (including phenoxy) is 3. The van der Waals surface area contributed by atoms with Crippen molar-refractivity contribution in [3.05, 3.63) is 77.0 Å². The fourth-order valence-electron chi connectivity index (χ4n) is 5.89. The molecule has 1 fully saturated rings. The summed E-state index contributed by atoms with van der Waals surface area (Å²) in [6, 6.07) is 17.9. The van der Waals surface area contributed by atoms with Crippen LogP contribution in [-0.2, 0) is 11.3 Å². The maximum Gasteiger partial charge on any atom is 0.413 e. The van der Waals surface area contributed by atoms with Gasteiger partial charge in [0.05, 0.1) is 22.7 Å². The number of likely N-dealkylation sites (tertiary alicyclic amines) is 1. The van der Waals surface area contributed by atoms with Crippen molar-refractivity contribution in [1.29, 1.82) is 5.26 Å². The van der Waals surface area contributed by atoms with Gasteiger partial charge in [0.2, 0.25) is 5.88 Å². The lowest BCUT2D eigenvalue weighted by Gasteiger charge is -2.36. The Labute approximate surface area is 261 Å². The van der Waals surface area contributed by atoms with Gasteiger partial charge in [-0.2, -0.15) is 10.2 Å². The summed E-state index contributed by atoms with van der Waals surface area (Å²) in [6.45, 7) is 10.4. The summed E-state index contributed by atoms with van der Waals surface area (Å²) in [7, 11) is 0. The average Bonchev–Trinajstić information content (AvgIpc) is 3.60. The van der Waals surface area contributed by atoms with E-state index in [0.717, 1.165) is 35.2 Å². The number of nitriles is 1. The maximum atomic E-state index is 13.1. The van der Waals surface area contributed by atoms with Gasteiger partial charge in [-0.3, -0.25) is 9.47 Å². The van der Waals surface area contributed by atoms with E-state index in [-0.39, 0.29) is 17.3 Å². The van der Waals surface area contributed by atoms with Crippen LogP contribution in [0, 0.1) is 25.2 Å². The van der Waals surface area contributed by atoms with Crippen LogP contribution in [0.1, 0.15) is 62.3 Å². The van der Waals surface area contributed by atoms with Gasteiger partial charge in [0, 0.05) is 18.5 Å².